The number of thiophene rings is 1. The highest BCUT2D eigenvalue weighted by atomic mass is 35.5. The first kappa shape index (κ1) is 22.3. The number of hydrogen-bond donors (Lipinski definition) is 2. The molecule has 1 saturated heterocycles. The Kier molecular flexibility index (Phi) is 7.42. The normalized spacial score (nSPS) is 16.4. The number of rotatable bonds is 6. The van der Waals surface area contributed by atoms with Crippen LogP contribution in [-0.2, 0) is 21.3 Å². The number of carbonyl (C=O) groups excluding carboxylic acids is 1. The molecule has 2 amide bonds. The molecule has 0 radical (unpaired) electrons. The predicted molar refractivity (Wildman–Crippen MR) is 114 cm³/mol. The van der Waals surface area contributed by atoms with Crippen LogP contribution >= 0.6 is 34.5 Å². The van der Waals surface area contributed by atoms with Gasteiger partial charge in [-0.1, -0.05) is 29.3 Å². The van der Waals surface area contributed by atoms with Crippen LogP contribution in [0.3, 0.4) is 0 Å². The summed E-state index contributed by atoms with van der Waals surface area (Å²) in [6.45, 7) is 3.55. The van der Waals surface area contributed by atoms with Gasteiger partial charge in [-0.3, -0.25) is 0 Å². The number of hydrogen-bond acceptors (Lipinski definition) is 5. The first-order valence-electron chi connectivity index (χ1n) is 8.93. The predicted octanol–water partition coefficient (Wildman–Crippen LogP) is 3.64. The number of morpholine rings is 1. The molecule has 1 aliphatic rings. The topological polar surface area (TPSA) is 87.7 Å². The summed E-state index contributed by atoms with van der Waals surface area (Å²) in [6.07, 6.45) is 0. The van der Waals surface area contributed by atoms with Crippen molar-refractivity contribution in [2.75, 3.05) is 26.3 Å². The van der Waals surface area contributed by atoms with Crippen molar-refractivity contribution in [3.63, 3.8) is 0 Å². The lowest BCUT2D eigenvalue weighted by atomic mass is 10.1. The highest BCUT2D eigenvalue weighted by Crippen LogP contribution is 2.26. The van der Waals surface area contributed by atoms with Crippen LogP contribution in [0.25, 0.3) is 0 Å². The molecule has 29 heavy (non-hydrogen) atoms. The van der Waals surface area contributed by atoms with Crippen molar-refractivity contribution in [3.05, 3.63) is 50.8 Å². The van der Waals surface area contributed by atoms with E-state index in [-0.39, 0.29) is 22.8 Å². The van der Waals surface area contributed by atoms with Crippen molar-refractivity contribution in [3.8, 4) is 0 Å². The maximum Gasteiger partial charge on any atom is 0.315 e. The summed E-state index contributed by atoms with van der Waals surface area (Å²) in [7, 11) is -3.52. The fraction of sp³-hybridized carbons (Fsp3) is 0.389. The third-order valence-corrected chi connectivity index (χ3v) is 8.61. The standard InChI is InChI=1S/C18H21Cl2N3O4S2/c1-12(13-2-4-15(19)16(20)10-13)22-18(24)21-11-14-3-5-17(28-14)29(25,26)23-6-8-27-9-7-23/h2-5,10,12H,6-9,11H2,1H3,(H2,21,22,24)/t12-/m0/s1. The van der Waals surface area contributed by atoms with E-state index >= 15 is 0 Å². The number of ether oxygens (including phenoxy) is 1. The van der Waals surface area contributed by atoms with E-state index in [0.717, 1.165) is 21.8 Å². The molecular weight excluding hydrogens is 457 g/mol. The van der Waals surface area contributed by atoms with Crippen molar-refractivity contribution < 1.29 is 17.9 Å². The number of sulfonamides is 1. The van der Waals surface area contributed by atoms with Gasteiger partial charge in [-0.15, -0.1) is 11.3 Å². The Morgan fingerprint density at radius 3 is 2.62 bits per heavy atom. The average molecular weight is 478 g/mol. The van der Waals surface area contributed by atoms with Gasteiger partial charge in [0.1, 0.15) is 4.21 Å². The van der Waals surface area contributed by atoms with Crippen molar-refractivity contribution >= 4 is 50.6 Å². The average Bonchev–Trinajstić information content (AvgIpc) is 3.19. The molecule has 3 rings (SSSR count). The van der Waals surface area contributed by atoms with Crippen LogP contribution in [0.2, 0.25) is 10.0 Å². The van der Waals surface area contributed by atoms with Gasteiger partial charge in [0.05, 0.1) is 35.8 Å². The van der Waals surface area contributed by atoms with E-state index in [2.05, 4.69) is 10.6 Å². The van der Waals surface area contributed by atoms with E-state index in [9.17, 15) is 13.2 Å². The highest BCUT2D eigenvalue weighted by Gasteiger charge is 2.27. The van der Waals surface area contributed by atoms with E-state index in [1.807, 2.05) is 6.92 Å². The first-order valence-corrected chi connectivity index (χ1v) is 11.9. The molecule has 1 aromatic heterocycles. The van der Waals surface area contributed by atoms with Gasteiger partial charge < -0.3 is 15.4 Å². The summed E-state index contributed by atoms with van der Waals surface area (Å²) in [5.74, 6) is 0. The largest absolute Gasteiger partial charge is 0.379 e. The monoisotopic (exact) mass is 477 g/mol. The number of halogens is 2. The molecule has 1 atom stereocenters. The lowest BCUT2D eigenvalue weighted by Gasteiger charge is -2.25. The Hall–Kier alpha value is -1.36. The first-order chi connectivity index (χ1) is 13.8. The maximum atomic E-state index is 12.7. The van der Waals surface area contributed by atoms with Gasteiger partial charge in [0.15, 0.2) is 0 Å². The maximum absolute atomic E-state index is 12.7. The zero-order valence-electron chi connectivity index (χ0n) is 15.7. The molecule has 2 N–H and O–H groups in total. The minimum Gasteiger partial charge on any atom is -0.379 e. The molecule has 158 valence electrons. The summed E-state index contributed by atoms with van der Waals surface area (Å²) < 4.78 is 32.2. The molecule has 0 aliphatic carbocycles. The van der Waals surface area contributed by atoms with Crippen molar-refractivity contribution in [1.82, 2.24) is 14.9 Å². The molecule has 11 heteroatoms. The van der Waals surface area contributed by atoms with Crippen LogP contribution in [0.4, 0.5) is 4.79 Å². The molecular formula is C18H21Cl2N3O4S2. The Labute approximate surface area is 184 Å². The van der Waals surface area contributed by atoms with Crippen molar-refractivity contribution in [2.24, 2.45) is 0 Å². The minimum absolute atomic E-state index is 0.225. The van der Waals surface area contributed by atoms with Crippen LogP contribution in [0.5, 0.6) is 0 Å². The number of nitrogens with zero attached hydrogens (tertiary/aromatic N) is 1. The summed E-state index contributed by atoms with van der Waals surface area (Å²) in [6, 6.07) is 7.82. The number of nitrogens with one attached hydrogen (secondary N) is 2. The second-order valence-corrected chi connectivity index (χ2v) is 10.6. The second kappa shape index (κ2) is 9.63. The smallest absolute Gasteiger partial charge is 0.315 e. The SMILES string of the molecule is C[C@H](NC(=O)NCc1ccc(S(=O)(=O)N2CCOCC2)s1)c1ccc(Cl)c(Cl)c1. The van der Waals surface area contributed by atoms with E-state index in [1.165, 1.54) is 4.31 Å². The van der Waals surface area contributed by atoms with E-state index in [0.29, 0.717) is 36.3 Å². The van der Waals surface area contributed by atoms with Gasteiger partial charge in [-0.05, 0) is 36.8 Å². The van der Waals surface area contributed by atoms with Crippen LogP contribution < -0.4 is 10.6 Å². The van der Waals surface area contributed by atoms with Crippen LogP contribution in [0.15, 0.2) is 34.5 Å². The number of urea groups is 1. The molecule has 2 heterocycles. The van der Waals surface area contributed by atoms with Gasteiger partial charge in [0, 0.05) is 18.0 Å². The zero-order valence-corrected chi connectivity index (χ0v) is 18.8. The number of amides is 2. The molecule has 1 aliphatic heterocycles. The van der Waals surface area contributed by atoms with E-state index in [1.54, 1.807) is 30.3 Å². The lowest BCUT2D eigenvalue weighted by Crippen LogP contribution is -2.40. The van der Waals surface area contributed by atoms with Gasteiger partial charge in [0.2, 0.25) is 0 Å². The molecule has 2 aromatic rings. The number of benzene rings is 1. The van der Waals surface area contributed by atoms with E-state index in [4.69, 9.17) is 27.9 Å². The van der Waals surface area contributed by atoms with Gasteiger partial charge in [-0.2, -0.15) is 4.31 Å². The lowest BCUT2D eigenvalue weighted by molar-refractivity contribution is 0.0731. The van der Waals surface area contributed by atoms with Crippen molar-refractivity contribution in [2.45, 2.75) is 23.7 Å². The summed E-state index contributed by atoms with van der Waals surface area (Å²) in [5.41, 5.74) is 0.824. The molecule has 0 spiro atoms. The summed E-state index contributed by atoms with van der Waals surface area (Å²) in [4.78, 5) is 12.9. The van der Waals surface area contributed by atoms with Crippen LogP contribution in [0, 0.1) is 0 Å². The Bertz CT molecular complexity index is 975. The molecule has 0 unspecified atom stereocenters. The quantitative estimate of drug-likeness (QED) is 0.664. The molecule has 0 saturated carbocycles. The summed E-state index contributed by atoms with van der Waals surface area (Å²) >= 11 is 13.1. The van der Waals surface area contributed by atoms with E-state index < -0.39 is 10.0 Å². The molecule has 0 bridgehead atoms. The third kappa shape index (κ3) is 5.62. The molecule has 1 fully saturated rings. The Morgan fingerprint density at radius 1 is 1.21 bits per heavy atom. The Morgan fingerprint density at radius 2 is 1.93 bits per heavy atom. The zero-order chi connectivity index (χ0) is 21.0. The third-order valence-electron chi connectivity index (χ3n) is 4.42. The second-order valence-electron chi connectivity index (χ2n) is 6.46. The van der Waals surface area contributed by atoms with Crippen LogP contribution in [-0.4, -0.2) is 45.1 Å². The van der Waals surface area contributed by atoms with Crippen LogP contribution in [0.1, 0.15) is 23.4 Å². The van der Waals surface area contributed by atoms with Crippen molar-refractivity contribution in [1.29, 1.82) is 0 Å². The molecule has 1 aromatic carbocycles. The van der Waals surface area contributed by atoms with Gasteiger partial charge in [0.25, 0.3) is 10.0 Å². The molecule has 7 nitrogen and oxygen atoms in total. The fourth-order valence-corrected chi connectivity index (χ4v) is 5.95. The van der Waals surface area contributed by atoms with Gasteiger partial charge in [-0.25, -0.2) is 13.2 Å². The fourth-order valence-electron chi connectivity index (χ4n) is 2.79. The Balaban J connectivity index is 1.55. The highest BCUT2D eigenvalue weighted by molar-refractivity contribution is 7.91. The number of carbonyl (C=O) groups is 1. The van der Waals surface area contributed by atoms with Gasteiger partial charge >= 0.3 is 6.03 Å². The minimum atomic E-state index is -3.52. The summed E-state index contributed by atoms with van der Waals surface area (Å²) in [5, 5.41) is 6.43.